The van der Waals surface area contributed by atoms with E-state index in [2.05, 4.69) is 38.1 Å². The maximum absolute atomic E-state index is 15.9. The van der Waals surface area contributed by atoms with Crippen molar-refractivity contribution in [3.63, 3.8) is 0 Å². The van der Waals surface area contributed by atoms with Gasteiger partial charge in [-0.15, -0.1) is 0 Å². The lowest BCUT2D eigenvalue weighted by atomic mass is 9.50. The van der Waals surface area contributed by atoms with Crippen LogP contribution in [0.3, 0.4) is 0 Å². The van der Waals surface area contributed by atoms with E-state index in [4.69, 9.17) is 0 Å². The molecule has 0 aliphatic heterocycles. The van der Waals surface area contributed by atoms with Gasteiger partial charge in [0.05, 0.1) is 6.10 Å². The predicted molar refractivity (Wildman–Crippen MR) is 113 cm³/mol. The fraction of sp³-hybridized carbons (Fsp3) is 0.538. The first-order valence-corrected chi connectivity index (χ1v) is 11.1. The Morgan fingerprint density at radius 3 is 2.59 bits per heavy atom. The maximum atomic E-state index is 15.9. The van der Waals surface area contributed by atoms with Crippen molar-refractivity contribution in [2.45, 2.75) is 63.6 Å². The standard InChI is InChI=1S/C26H31FO2/c1-3-18-22(29)14-26(2)13-21(27)23-19-10-9-17(28)11-16(19)12-20(24(23)25(18)26)15-7-5-4-6-8-15/h4-11,18,20-25,28-29H,3,12-14H2,1-2H3/t18-,20+,21+,22-,23+,24-,25+,26-/m1/s1. The molecule has 8 atom stereocenters. The van der Waals surface area contributed by atoms with E-state index in [1.54, 1.807) is 6.07 Å². The summed E-state index contributed by atoms with van der Waals surface area (Å²) in [5.74, 6) is 1.01. The Kier molecular flexibility index (Phi) is 4.51. The average Bonchev–Trinajstić information content (AvgIpc) is 2.96. The zero-order valence-electron chi connectivity index (χ0n) is 17.3. The number of aliphatic hydroxyl groups excluding tert-OH is 1. The van der Waals surface area contributed by atoms with E-state index < -0.39 is 6.17 Å². The lowest BCUT2D eigenvalue weighted by Gasteiger charge is -2.55. The van der Waals surface area contributed by atoms with Crippen LogP contribution in [0.1, 0.15) is 61.6 Å². The van der Waals surface area contributed by atoms with Crippen LogP contribution in [-0.2, 0) is 6.42 Å². The first-order valence-electron chi connectivity index (χ1n) is 11.1. The Labute approximate surface area is 172 Å². The fourth-order valence-electron chi connectivity index (χ4n) is 7.46. The molecular weight excluding hydrogens is 363 g/mol. The third-order valence-corrected chi connectivity index (χ3v) is 8.41. The molecule has 0 heterocycles. The number of phenols is 1. The van der Waals surface area contributed by atoms with Gasteiger partial charge in [-0.1, -0.05) is 56.7 Å². The van der Waals surface area contributed by atoms with Crippen molar-refractivity contribution < 1.29 is 14.6 Å². The molecule has 0 aromatic heterocycles. The van der Waals surface area contributed by atoms with Crippen LogP contribution in [-0.4, -0.2) is 22.5 Å². The molecule has 2 aromatic carbocycles. The van der Waals surface area contributed by atoms with Crippen LogP contribution in [0.5, 0.6) is 5.75 Å². The third-order valence-electron chi connectivity index (χ3n) is 8.41. The Morgan fingerprint density at radius 1 is 1.10 bits per heavy atom. The van der Waals surface area contributed by atoms with E-state index >= 15 is 4.39 Å². The summed E-state index contributed by atoms with van der Waals surface area (Å²) in [4.78, 5) is 0. The van der Waals surface area contributed by atoms with Gasteiger partial charge in [-0.2, -0.15) is 0 Å². The van der Waals surface area contributed by atoms with E-state index in [9.17, 15) is 10.2 Å². The van der Waals surface area contributed by atoms with Crippen LogP contribution in [0.4, 0.5) is 4.39 Å². The second-order valence-electron chi connectivity index (χ2n) is 9.95. The van der Waals surface area contributed by atoms with Crippen LogP contribution >= 0.6 is 0 Å². The molecule has 29 heavy (non-hydrogen) atoms. The molecule has 0 spiro atoms. The van der Waals surface area contributed by atoms with Crippen LogP contribution in [0.25, 0.3) is 0 Å². The zero-order valence-corrected chi connectivity index (χ0v) is 17.3. The van der Waals surface area contributed by atoms with Crippen LogP contribution in [0, 0.1) is 23.2 Å². The second-order valence-corrected chi connectivity index (χ2v) is 9.95. The summed E-state index contributed by atoms with van der Waals surface area (Å²) >= 11 is 0. The molecule has 2 N–H and O–H groups in total. The normalized spacial score (nSPS) is 40.8. The molecule has 0 bridgehead atoms. The number of benzene rings is 2. The average molecular weight is 395 g/mol. The van der Waals surface area contributed by atoms with Crippen molar-refractivity contribution in [1.29, 1.82) is 0 Å². The molecule has 0 radical (unpaired) electrons. The van der Waals surface area contributed by atoms with Gasteiger partial charge in [0.2, 0.25) is 0 Å². The Balaban J connectivity index is 1.70. The molecule has 2 fully saturated rings. The zero-order chi connectivity index (χ0) is 20.3. The number of halogens is 1. The summed E-state index contributed by atoms with van der Waals surface area (Å²) in [7, 11) is 0. The largest absolute Gasteiger partial charge is 0.508 e. The van der Waals surface area contributed by atoms with Gasteiger partial charge in [0.1, 0.15) is 11.9 Å². The van der Waals surface area contributed by atoms with Crippen molar-refractivity contribution in [2.24, 2.45) is 23.2 Å². The Morgan fingerprint density at radius 2 is 1.86 bits per heavy atom. The first kappa shape index (κ1) is 19.1. The molecule has 154 valence electrons. The SMILES string of the molecule is CC[C@H]1[C@H]2[C@H]3[C@@H](c4ccc(O)cc4C[C@H]3c3ccccc3)[C@@H](F)C[C@]2(C)C[C@H]1O. The van der Waals surface area contributed by atoms with Gasteiger partial charge in [-0.05, 0) is 77.2 Å². The summed E-state index contributed by atoms with van der Waals surface area (Å²) < 4.78 is 15.9. The van der Waals surface area contributed by atoms with Gasteiger partial charge >= 0.3 is 0 Å². The summed E-state index contributed by atoms with van der Waals surface area (Å²) in [6, 6.07) is 16.0. The van der Waals surface area contributed by atoms with Crippen molar-refractivity contribution >= 4 is 0 Å². The molecular formula is C26H31FO2. The Bertz CT molecular complexity index is 897. The van der Waals surface area contributed by atoms with E-state index in [0.717, 1.165) is 24.0 Å². The number of aliphatic hydroxyl groups is 1. The molecule has 0 unspecified atom stereocenters. The minimum Gasteiger partial charge on any atom is -0.508 e. The van der Waals surface area contributed by atoms with Crippen molar-refractivity contribution in [1.82, 2.24) is 0 Å². The van der Waals surface area contributed by atoms with Crippen molar-refractivity contribution in [2.75, 3.05) is 0 Å². The number of alkyl halides is 1. The van der Waals surface area contributed by atoms with E-state index in [-0.39, 0.29) is 40.9 Å². The third kappa shape index (κ3) is 2.84. The number of hydrogen-bond donors (Lipinski definition) is 2. The highest BCUT2D eigenvalue weighted by molar-refractivity contribution is 5.44. The highest BCUT2D eigenvalue weighted by Gasteiger charge is 2.62. The first-order chi connectivity index (χ1) is 13.9. The fourth-order valence-corrected chi connectivity index (χ4v) is 7.46. The van der Waals surface area contributed by atoms with Gasteiger partial charge in [-0.25, -0.2) is 4.39 Å². The highest BCUT2D eigenvalue weighted by atomic mass is 19.1. The molecule has 3 heteroatoms. The minimum atomic E-state index is -0.918. The lowest BCUT2D eigenvalue weighted by Crippen LogP contribution is -2.50. The Hall–Kier alpha value is -1.87. The predicted octanol–water partition coefficient (Wildman–Crippen LogP) is 5.59. The van der Waals surface area contributed by atoms with Crippen molar-refractivity contribution in [3.05, 3.63) is 65.2 Å². The molecule has 0 amide bonds. The molecule has 2 nitrogen and oxygen atoms in total. The number of phenolic OH excluding ortho intramolecular Hbond substituents is 1. The number of hydrogen-bond acceptors (Lipinski definition) is 2. The summed E-state index contributed by atoms with van der Waals surface area (Å²) in [6.45, 7) is 4.39. The maximum Gasteiger partial charge on any atom is 0.115 e. The molecule has 5 rings (SSSR count). The quantitative estimate of drug-likeness (QED) is 0.697. The van der Waals surface area contributed by atoms with E-state index in [1.165, 1.54) is 5.56 Å². The number of fused-ring (bicyclic) bond motifs is 5. The van der Waals surface area contributed by atoms with Gasteiger partial charge in [0.25, 0.3) is 0 Å². The molecule has 2 saturated carbocycles. The summed E-state index contributed by atoms with van der Waals surface area (Å²) in [5, 5.41) is 21.0. The van der Waals surface area contributed by atoms with Crippen LogP contribution < -0.4 is 0 Å². The topological polar surface area (TPSA) is 40.5 Å². The lowest BCUT2D eigenvalue weighted by molar-refractivity contribution is -0.0276. The van der Waals surface area contributed by atoms with Gasteiger partial charge < -0.3 is 10.2 Å². The van der Waals surface area contributed by atoms with E-state index in [0.29, 0.717) is 18.8 Å². The highest BCUT2D eigenvalue weighted by Crippen LogP contribution is 2.66. The van der Waals surface area contributed by atoms with E-state index in [1.807, 2.05) is 18.2 Å². The molecule has 3 aliphatic rings. The minimum absolute atomic E-state index is 0.151. The smallest absolute Gasteiger partial charge is 0.115 e. The monoisotopic (exact) mass is 394 g/mol. The summed E-state index contributed by atoms with van der Waals surface area (Å²) in [6.07, 6.45) is 1.74. The second kappa shape index (κ2) is 6.84. The number of rotatable bonds is 2. The van der Waals surface area contributed by atoms with Gasteiger partial charge in [0, 0.05) is 5.92 Å². The van der Waals surface area contributed by atoms with Crippen molar-refractivity contribution in [3.8, 4) is 5.75 Å². The van der Waals surface area contributed by atoms with Gasteiger partial charge in [-0.3, -0.25) is 0 Å². The van der Waals surface area contributed by atoms with Gasteiger partial charge in [0.15, 0.2) is 0 Å². The molecule has 0 saturated heterocycles. The summed E-state index contributed by atoms with van der Waals surface area (Å²) in [5.41, 5.74) is 3.26. The molecule has 2 aromatic rings. The van der Waals surface area contributed by atoms with Crippen LogP contribution in [0.2, 0.25) is 0 Å². The van der Waals surface area contributed by atoms with Crippen LogP contribution in [0.15, 0.2) is 48.5 Å². The molecule has 3 aliphatic carbocycles. The number of aromatic hydroxyl groups is 1.